The van der Waals surface area contributed by atoms with Crippen molar-refractivity contribution >= 4 is 0 Å². The molecule has 1 aliphatic carbocycles. The van der Waals surface area contributed by atoms with Crippen LogP contribution in [0.25, 0.3) is 0 Å². The molecule has 112 valence electrons. The maximum atomic E-state index is 3.75. The van der Waals surface area contributed by atoms with Crippen LogP contribution in [0.3, 0.4) is 0 Å². The Bertz CT molecular complexity index is 360. The highest BCUT2D eigenvalue weighted by molar-refractivity contribution is 5.32. The molecule has 0 heterocycles. The fourth-order valence-corrected chi connectivity index (χ4v) is 3.61. The summed E-state index contributed by atoms with van der Waals surface area (Å²) in [6.07, 6.45) is 10.9. The summed E-state index contributed by atoms with van der Waals surface area (Å²) in [5.41, 5.74) is 3.18. The number of rotatable bonds is 9. The van der Waals surface area contributed by atoms with Gasteiger partial charge in [0.1, 0.15) is 0 Å². The van der Waals surface area contributed by atoms with E-state index in [2.05, 4.69) is 43.4 Å². The largest absolute Gasteiger partial charge is 0.314 e. The highest BCUT2D eigenvalue weighted by atomic mass is 14.9. The first-order valence-corrected chi connectivity index (χ1v) is 8.65. The molecule has 20 heavy (non-hydrogen) atoms. The summed E-state index contributed by atoms with van der Waals surface area (Å²) in [6.45, 7) is 5.63. The number of benzene rings is 1. The summed E-state index contributed by atoms with van der Waals surface area (Å²) in [5.74, 6) is 0.818. The molecule has 0 saturated carbocycles. The normalized spacial score (nSPS) is 16.3. The summed E-state index contributed by atoms with van der Waals surface area (Å²) in [4.78, 5) is 0. The van der Waals surface area contributed by atoms with Crippen molar-refractivity contribution in [2.75, 3.05) is 6.54 Å². The molecule has 1 atom stereocenters. The Morgan fingerprint density at radius 1 is 1.00 bits per heavy atom. The average Bonchev–Trinajstić information content (AvgIpc) is 2.89. The summed E-state index contributed by atoms with van der Waals surface area (Å²) in [6, 6.07) is 9.73. The van der Waals surface area contributed by atoms with Crippen LogP contribution in [0.2, 0.25) is 0 Å². The zero-order valence-electron chi connectivity index (χ0n) is 13.3. The van der Waals surface area contributed by atoms with Crippen molar-refractivity contribution in [3.63, 3.8) is 0 Å². The molecule has 0 aliphatic heterocycles. The van der Waals surface area contributed by atoms with Crippen LogP contribution < -0.4 is 5.32 Å². The second-order valence-electron chi connectivity index (χ2n) is 6.30. The minimum Gasteiger partial charge on any atom is -0.314 e. The Morgan fingerprint density at radius 3 is 2.25 bits per heavy atom. The predicted octanol–water partition coefficient (Wildman–Crippen LogP) is 4.74. The van der Waals surface area contributed by atoms with Gasteiger partial charge in [-0.3, -0.25) is 0 Å². The SMILES string of the molecule is CCCCCCCC(NCC)C1Cc2ccccc2C1. The minimum absolute atomic E-state index is 0.717. The fraction of sp³-hybridized carbons (Fsp3) is 0.684. The summed E-state index contributed by atoms with van der Waals surface area (Å²) >= 11 is 0. The number of hydrogen-bond donors (Lipinski definition) is 1. The highest BCUT2D eigenvalue weighted by Gasteiger charge is 2.27. The van der Waals surface area contributed by atoms with Gasteiger partial charge in [0.05, 0.1) is 0 Å². The molecule has 0 aromatic heterocycles. The Labute approximate surface area is 125 Å². The van der Waals surface area contributed by atoms with Gasteiger partial charge < -0.3 is 5.32 Å². The molecule has 1 aliphatic rings. The molecule has 0 amide bonds. The number of unbranched alkanes of at least 4 members (excludes halogenated alkanes) is 4. The van der Waals surface area contributed by atoms with E-state index in [1.54, 1.807) is 11.1 Å². The van der Waals surface area contributed by atoms with Gasteiger partial charge in [0, 0.05) is 6.04 Å². The third kappa shape index (κ3) is 4.34. The quantitative estimate of drug-likeness (QED) is 0.641. The first-order chi connectivity index (χ1) is 9.85. The van der Waals surface area contributed by atoms with E-state index in [9.17, 15) is 0 Å². The van der Waals surface area contributed by atoms with Crippen molar-refractivity contribution in [3.05, 3.63) is 35.4 Å². The number of hydrogen-bond acceptors (Lipinski definition) is 1. The van der Waals surface area contributed by atoms with Crippen LogP contribution in [0.1, 0.15) is 63.5 Å². The number of fused-ring (bicyclic) bond motifs is 1. The minimum atomic E-state index is 0.717. The van der Waals surface area contributed by atoms with Crippen LogP contribution in [-0.2, 0) is 12.8 Å². The van der Waals surface area contributed by atoms with E-state index in [1.807, 2.05) is 0 Å². The van der Waals surface area contributed by atoms with Crippen LogP contribution in [-0.4, -0.2) is 12.6 Å². The smallest absolute Gasteiger partial charge is 0.0102 e. The van der Waals surface area contributed by atoms with Gasteiger partial charge in [0.15, 0.2) is 0 Å². The molecule has 0 spiro atoms. The molecule has 0 bridgehead atoms. The molecule has 2 rings (SSSR count). The molecule has 0 radical (unpaired) electrons. The van der Waals surface area contributed by atoms with E-state index in [-0.39, 0.29) is 0 Å². The second-order valence-corrected chi connectivity index (χ2v) is 6.30. The first-order valence-electron chi connectivity index (χ1n) is 8.65. The van der Waals surface area contributed by atoms with Gasteiger partial charge in [-0.1, -0.05) is 70.2 Å². The van der Waals surface area contributed by atoms with Crippen molar-refractivity contribution in [2.24, 2.45) is 5.92 Å². The predicted molar refractivity (Wildman–Crippen MR) is 88.2 cm³/mol. The van der Waals surface area contributed by atoms with Gasteiger partial charge in [-0.05, 0) is 42.9 Å². The zero-order chi connectivity index (χ0) is 14.2. The molecule has 1 aromatic rings. The third-order valence-corrected chi connectivity index (χ3v) is 4.74. The van der Waals surface area contributed by atoms with Gasteiger partial charge in [0.2, 0.25) is 0 Å². The van der Waals surface area contributed by atoms with Gasteiger partial charge in [-0.25, -0.2) is 0 Å². The summed E-state index contributed by atoms with van der Waals surface area (Å²) in [7, 11) is 0. The lowest BCUT2D eigenvalue weighted by molar-refractivity contribution is 0.340. The van der Waals surface area contributed by atoms with E-state index in [0.717, 1.165) is 12.5 Å². The van der Waals surface area contributed by atoms with Crippen LogP contribution in [0.15, 0.2) is 24.3 Å². The van der Waals surface area contributed by atoms with E-state index in [4.69, 9.17) is 0 Å². The van der Waals surface area contributed by atoms with E-state index >= 15 is 0 Å². The standard InChI is InChI=1S/C19H31N/c1-3-5-6-7-8-13-19(20-4-2)18-14-16-11-9-10-12-17(16)15-18/h9-12,18-20H,3-8,13-15H2,1-2H3. The number of nitrogens with one attached hydrogen (secondary N) is 1. The van der Waals surface area contributed by atoms with Gasteiger partial charge >= 0.3 is 0 Å². The van der Waals surface area contributed by atoms with Crippen molar-refractivity contribution in [3.8, 4) is 0 Å². The Kier molecular flexibility index (Phi) is 6.59. The monoisotopic (exact) mass is 273 g/mol. The molecule has 1 nitrogen and oxygen atoms in total. The van der Waals surface area contributed by atoms with Gasteiger partial charge in [-0.2, -0.15) is 0 Å². The van der Waals surface area contributed by atoms with E-state index < -0.39 is 0 Å². The maximum Gasteiger partial charge on any atom is 0.0102 e. The van der Waals surface area contributed by atoms with Crippen LogP contribution in [0.4, 0.5) is 0 Å². The van der Waals surface area contributed by atoms with Crippen molar-refractivity contribution < 1.29 is 0 Å². The van der Waals surface area contributed by atoms with Crippen molar-refractivity contribution in [2.45, 2.75) is 71.3 Å². The second kappa shape index (κ2) is 8.46. The van der Waals surface area contributed by atoms with Gasteiger partial charge in [-0.15, -0.1) is 0 Å². The highest BCUT2D eigenvalue weighted by Crippen LogP contribution is 2.30. The maximum absolute atomic E-state index is 3.75. The van der Waals surface area contributed by atoms with Crippen LogP contribution >= 0.6 is 0 Å². The van der Waals surface area contributed by atoms with Crippen molar-refractivity contribution in [1.82, 2.24) is 5.32 Å². The molecule has 1 heteroatoms. The molecule has 1 aromatic carbocycles. The lowest BCUT2D eigenvalue weighted by Crippen LogP contribution is -2.36. The molecule has 0 saturated heterocycles. The topological polar surface area (TPSA) is 12.0 Å². The van der Waals surface area contributed by atoms with Crippen LogP contribution in [0.5, 0.6) is 0 Å². The Hall–Kier alpha value is -0.820. The lowest BCUT2D eigenvalue weighted by Gasteiger charge is -2.24. The van der Waals surface area contributed by atoms with Crippen molar-refractivity contribution in [1.29, 1.82) is 0 Å². The third-order valence-electron chi connectivity index (χ3n) is 4.74. The van der Waals surface area contributed by atoms with Crippen LogP contribution in [0, 0.1) is 5.92 Å². The Balaban J connectivity index is 1.81. The Morgan fingerprint density at radius 2 is 1.65 bits per heavy atom. The molecule has 1 unspecified atom stereocenters. The first kappa shape index (κ1) is 15.6. The molecule has 0 fully saturated rings. The molecular weight excluding hydrogens is 242 g/mol. The average molecular weight is 273 g/mol. The zero-order valence-corrected chi connectivity index (χ0v) is 13.3. The fourth-order valence-electron chi connectivity index (χ4n) is 3.61. The lowest BCUT2D eigenvalue weighted by atomic mass is 9.91. The molecular formula is C19H31N. The van der Waals surface area contributed by atoms with E-state index in [1.165, 1.54) is 51.4 Å². The van der Waals surface area contributed by atoms with Gasteiger partial charge in [0.25, 0.3) is 0 Å². The summed E-state index contributed by atoms with van der Waals surface area (Å²) in [5, 5.41) is 3.75. The molecule has 1 N–H and O–H groups in total. The summed E-state index contributed by atoms with van der Waals surface area (Å²) < 4.78 is 0. The van der Waals surface area contributed by atoms with E-state index in [0.29, 0.717) is 6.04 Å².